The minimum absolute atomic E-state index is 0.460. The Hall–Kier alpha value is -0.120. The third-order valence-electron chi connectivity index (χ3n) is 1.77. The maximum atomic E-state index is 9.39. The van der Waals surface area contributed by atoms with Gasteiger partial charge in [-0.05, 0) is 26.8 Å². The Morgan fingerprint density at radius 1 is 1.33 bits per heavy atom. The lowest BCUT2D eigenvalue weighted by Gasteiger charge is -2.23. The maximum Gasteiger partial charge on any atom is 0.110 e. The molecule has 0 rings (SSSR count). The summed E-state index contributed by atoms with van der Waals surface area (Å²) in [7, 11) is 0. The van der Waals surface area contributed by atoms with Gasteiger partial charge in [-0.1, -0.05) is 13.8 Å². The van der Waals surface area contributed by atoms with Crippen LogP contribution in [-0.4, -0.2) is 30.0 Å². The Bertz CT molecular complexity index is 110. The third-order valence-corrected chi connectivity index (χ3v) is 1.77. The van der Waals surface area contributed by atoms with Crippen LogP contribution in [0.4, 0.5) is 0 Å². The van der Waals surface area contributed by atoms with E-state index in [0.717, 1.165) is 19.5 Å². The summed E-state index contributed by atoms with van der Waals surface area (Å²) >= 11 is 0. The molecule has 0 bridgehead atoms. The van der Waals surface area contributed by atoms with Crippen LogP contribution in [0.3, 0.4) is 0 Å². The fourth-order valence-electron chi connectivity index (χ4n) is 1.02. The van der Waals surface area contributed by atoms with E-state index in [2.05, 4.69) is 24.5 Å². The molecule has 0 aromatic rings. The van der Waals surface area contributed by atoms with Gasteiger partial charge in [0.05, 0.1) is 0 Å². The summed E-state index contributed by atoms with van der Waals surface area (Å²) in [6.45, 7) is 9.53. The second-order valence-electron chi connectivity index (χ2n) is 3.60. The molecule has 0 aliphatic heterocycles. The highest BCUT2D eigenvalue weighted by Crippen LogP contribution is 1.96. The van der Waals surface area contributed by atoms with E-state index in [1.54, 1.807) is 13.8 Å². The van der Waals surface area contributed by atoms with Crippen LogP contribution < -0.4 is 10.6 Å². The summed E-state index contributed by atoms with van der Waals surface area (Å²) in [5.41, 5.74) is -0.761. The summed E-state index contributed by atoms with van der Waals surface area (Å²) in [5, 5.41) is 15.8. The molecule has 0 heterocycles. The van der Waals surface area contributed by atoms with Gasteiger partial charge in [0, 0.05) is 12.6 Å². The first-order valence-electron chi connectivity index (χ1n) is 4.70. The summed E-state index contributed by atoms with van der Waals surface area (Å²) < 4.78 is 0. The molecule has 0 amide bonds. The molecule has 3 heteroatoms. The van der Waals surface area contributed by atoms with Gasteiger partial charge in [-0.3, -0.25) is 5.32 Å². The Labute approximate surface area is 75.6 Å². The number of hydrogen-bond donors (Lipinski definition) is 3. The molecule has 0 saturated carbocycles. The van der Waals surface area contributed by atoms with E-state index in [1.807, 2.05) is 0 Å². The van der Waals surface area contributed by atoms with Crippen molar-refractivity contribution in [2.24, 2.45) is 0 Å². The van der Waals surface area contributed by atoms with Crippen molar-refractivity contribution in [3.05, 3.63) is 0 Å². The Kier molecular flexibility index (Phi) is 5.46. The van der Waals surface area contributed by atoms with Gasteiger partial charge in [0.1, 0.15) is 5.72 Å². The maximum absolute atomic E-state index is 9.39. The van der Waals surface area contributed by atoms with Crippen LogP contribution in [0.15, 0.2) is 0 Å². The van der Waals surface area contributed by atoms with Gasteiger partial charge in [0.15, 0.2) is 0 Å². The molecule has 0 aliphatic rings. The molecular formula is C9H22N2O. The highest BCUT2D eigenvalue weighted by Gasteiger charge is 2.13. The minimum atomic E-state index is -0.761. The van der Waals surface area contributed by atoms with Crippen molar-refractivity contribution >= 4 is 0 Å². The van der Waals surface area contributed by atoms with E-state index in [4.69, 9.17) is 0 Å². The molecule has 74 valence electrons. The summed E-state index contributed by atoms with van der Waals surface area (Å²) in [4.78, 5) is 0. The average Bonchev–Trinajstić information content (AvgIpc) is 1.96. The summed E-state index contributed by atoms with van der Waals surface area (Å²) in [6, 6.07) is 0.460. The fraction of sp³-hybridized carbons (Fsp3) is 1.00. The zero-order chi connectivity index (χ0) is 9.61. The molecule has 1 atom stereocenters. The van der Waals surface area contributed by atoms with E-state index in [9.17, 15) is 5.11 Å². The van der Waals surface area contributed by atoms with Crippen LogP contribution in [-0.2, 0) is 0 Å². The lowest BCUT2D eigenvalue weighted by atomic mass is 10.2. The summed E-state index contributed by atoms with van der Waals surface area (Å²) in [6.07, 6.45) is 1.08. The van der Waals surface area contributed by atoms with Gasteiger partial charge in [-0.15, -0.1) is 0 Å². The van der Waals surface area contributed by atoms with Crippen molar-refractivity contribution in [2.45, 2.75) is 45.9 Å². The van der Waals surface area contributed by atoms with E-state index in [0.29, 0.717) is 6.04 Å². The fourth-order valence-corrected chi connectivity index (χ4v) is 1.02. The van der Waals surface area contributed by atoms with E-state index in [1.165, 1.54) is 0 Å². The van der Waals surface area contributed by atoms with Crippen LogP contribution in [0, 0.1) is 0 Å². The van der Waals surface area contributed by atoms with Gasteiger partial charge in [-0.2, -0.15) is 0 Å². The number of aliphatic hydroxyl groups is 1. The molecule has 12 heavy (non-hydrogen) atoms. The van der Waals surface area contributed by atoms with Crippen molar-refractivity contribution in [2.75, 3.05) is 13.1 Å². The largest absolute Gasteiger partial charge is 0.376 e. The highest BCUT2D eigenvalue weighted by atomic mass is 16.3. The minimum Gasteiger partial charge on any atom is -0.376 e. The van der Waals surface area contributed by atoms with Gasteiger partial charge >= 0.3 is 0 Å². The Balaban J connectivity index is 3.58. The molecular weight excluding hydrogens is 152 g/mol. The topological polar surface area (TPSA) is 44.3 Å². The van der Waals surface area contributed by atoms with E-state index < -0.39 is 5.72 Å². The van der Waals surface area contributed by atoms with Crippen molar-refractivity contribution in [1.82, 2.24) is 10.6 Å². The first-order chi connectivity index (χ1) is 5.49. The molecule has 0 aliphatic carbocycles. The van der Waals surface area contributed by atoms with Crippen molar-refractivity contribution in [3.8, 4) is 0 Å². The van der Waals surface area contributed by atoms with Crippen LogP contribution in [0.5, 0.6) is 0 Å². The predicted molar refractivity (Wildman–Crippen MR) is 52.1 cm³/mol. The molecule has 0 saturated heterocycles. The SMILES string of the molecule is CCNC(CC)CNC(C)(C)O. The molecule has 3 N–H and O–H groups in total. The van der Waals surface area contributed by atoms with Gasteiger partial charge in [0.25, 0.3) is 0 Å². The summed E-state index contributed by atoms with van der Waals surface area (Å²) in [5.74, 6) is 0. The van der Waals surface area contributed by atoms with Crippen LogP contribution in [0.1, 0.15) is 34.1 Å². The Morgan fingerprint density at radius 2 is 1.92 bits per heavy atom. The number of likely N-dealkylation sites (N-methyl/N-ethyl adjacent to an activating group) is 1. The molecule has 1 unspecified atom stereocenters. The third kappa shape index (κ3) is 6.58. The molecule has 0 fully saturated rings. The standard InChI is InChI=1S/C9H22N2O/c1-5-8(10-6-2)7-11-9(3,4)12/h8,10-12H,5-7H2,1-4H3. The molecule has 0 radical (unpaired) electrons. The quantitative estimate of drug-likeness (QED) is 0.519. The zero-order valence-corrected chi connectivity index (χ0v) is 8.65. The molecule has 0 aromatic carbocycles. The van der Waals surface area contributed by atoms with Crippen molar-refractivity contribution in [1.29, 1.82) is 0 Å². The van der Waals surface area contributed by atoms with Crippen molar-refractivity contribution in [3.63, 3.8) is 0 Å². The first-order valence-corrected chi connectivity index (χ1v) is 4.70. The van der Waals surface area contributed by atoms with E-state index in [-0.39, 0.29) is 0 Å². The number of rotatable bonds is 6. The highest BCUT2D eigenvalue weighted by molar-refractivity contribution is 4.71. The first kappa shape index (κ1) is 11.9. The number of hydrogen-bond acceptors (Lipinski definition) is 3. The molecule has 3 nitrogen and oxygen atoms in total. The smallest absolute Gasteiger partial charge is 0.110 e. The van der Waals surface area contributed by atoms with Crippen LogP contribution in [0.2, 0.25) is 0 Å². The molecule has 0 spiro atoms. The second-order valence-corrected chi connectivity index (χ2v) is 3.60. The van der Waals surface area contributed by atoms with Gasteiger partial charge in [-0.25, -0.2) is 0 Å². The number of nitrogens with one attached hydrogen (secondary N) is 2. The van der Waals surface area contributed by atoms with Crippen molar-refractivity contribution < 1.29 is 5.11 Å². The monoisotopic (exact) mass is 174 g/mol. The van der Waals surface area contributed by atoms with Crippen LogP contribution in [0.25, 0.3) is 0 Å². The molecule has 0 aromatic heterocycles. The normalized spacial score (nSPS) is 14.8. The lowest BCUT2D eigenvalue weighted by molar-refractivity contribution is 0.0411. The zero-order valence-electron chi connectivity index (χ0n) is 8.65. The van der Waals surface area contributed by atoms with Gasteiger partial charge < -0.3 is 10.4 Å². The second kappa shape index (κ2) is 5.51. The Morgan fingerprint density at radius 3 is 2.25 bits per heavy atom. The van der Waals surface area contributed by atoms with Crippen LogP contribution >= 0.6 is 0 Å². The lowest BCUT2D eigenvalue weighted by Crippen LogP contribution is -2.47. The average molecular weight is 174 g/mol. The van der Waals surface area contributed by atoms with Gasteiger partial charge in [0.2, 0.25) is 0 Å². The predicted octanol–water partition coefficient (Wildman–Crippen LogP) is 0.692. The van der Waals surface area contributed by atoms with E-state index >= 15 is 0 Å².